The number of carboxylic acid groups (broad SMARTS) is 1. The second-order valence-electron chi connectivity index (χ2n) is 7.87. The Hall–Kier alpha value is -3.90. The number of aromatic nitrogens is 1. The van der Waals surface area contributed by atoms with Gasteiger partial charge in [0.1, 0.15) is 0 Å². The third-order valence-corrected chi connectivity index (χ3v) is 6.46. The molecule has 1 amide bonds. The number of aromatic carboxylic acids is 1. The monoisotopic (exact) mass is 468 g/mol. The van der Waals surface area contributed by atoms with E-state index < -0.39 is 5.97 Å². The van der Waals surface area contributed by atoms with E-state index in [4.69, 9.17) is 5.11 Å². The van der Waals surface area contributed by atoms with Gasteiger partial charge in [0.05, 0.1) is 17.8 Å². The zero-order valence-electron chi connectivity index (χ0n) is 18.9. The number of thioether (sulfide) groups is 1. The molecule has 0 unspecified atom stereocenters. The van der Waals surface area contributed by atoms with Gasteiger partial charge < -0.3 is 10.4 Å². The van der Waals surface area contributed by atoms with E-state index in [9.17, 15) is 9.59 Å². The van der Waals surface area contributed by atoms with Gasteiger partial charge in [-0.25, -0.2) is 4.79 Å². The lowest BCUT2D eigenvalue weighted by Crippen LogP contribution is -2.23. The molecule has 3 aromatic carbocycles. The molecule has 0 atom stereocenters. The number of carboxylic acids is 1. The second kappa shape index (κ2) is 10.4. The Morgan fingerprint density at radius 3 is 2.24 bits per heavy atom. The van der Waals surface area contributed by atoms with Crippen molar-refractivity contribution in [3.8, 4) is 22.3 Å². The van der Waals surface area contributed by atoms with Gasteiger partial charge in [-0.1, -0.05) is 36.4 Å². The van der Waals surface area contributed by atoms with Gasteiger partial charge in [-0.05, 0) is 83.5 Å². The summed E-state index contributed by atoms with van der Waals surface area (Å²) in [4.78, 5) is 29.2. The molecule has 0 radical (unpaired) electrons. The summed E-state index contributed by atoms with van der Waals surface area (Å²) in [5.41, 5.74) is 6.74. The molecule has 5 nitrogen and oxygen atoms in total. The molecule has 1 heterocycles. The van der Waals surface area contributed by atoms with Crippen molar-refractivity contribution in [2.75, 3.05) is 6.26 Å². The van der Waals surface area contributed by atoms with Gasteiger partial charge in [0, 0.05) is 16.7 Å². The molecule has 0 aliphatic heterocycles. The number of hydrogen-bond donors (Lipinski definition) is 2. The molecule has 0 spiro atoms. The maximum absolute atomic E-state index is 12.6. The van der Waals surface area contributed by atoms with Crippen molar-refractivity contribution in [2.45, 2.75) is 18.4 Å². The van der Waals surface area contributed by atoms with Crippen LogP contribution in [0, 0.1) is 6.92 Å². The largest absolute Gasteiger partial charge is 0.478 e. The predicted molar refractivity (Wildman–Crippen MR) is 136 cm³/mol. The highest BCUT2D eigenvalue weighted by molar-refractivity contribution is 7.98. The van der Waals surface area contributed by atoms with Crippen molar-refractivity contribution in [3.63, 3.8) is 0 Å². The third kappa shape index (κ3) is 5.35. The minimum Gasteiger partial charge on any atom is -0.478 e. The van der Waals surface area contributed by atoms with E-state index in [1.807, 2.05) is 73.8 Å². The van der Waals surface area contributed by atoms with Gasteiger partial charge in [-0.15, -0.1) is 11.8 Å². The molecule has 0 fully saturated rings. The third-order valence-electron chi connectivity index (χ3n) is 5.58. The molecule has 4 rings (SSSR count). The molecule has 0 aliphatic rings. The molecule has 2 N–H and O–H groups in total. The lowest BCUT2D eigenvalue weighted by Gasteiger charge is -2.10. The summed E-state index contributed by atoms with van der Waals surface area (Å²) < 4.78 is 0. The van der Waals surface area contributed by atoms with Crippen molar-refractivity contribution < 1.29 is 14.7 Å². The Labute approximate surface area is 202 Å². The molecule has 1 aromatic heterocycles. The lowest BCUT2D eigenvalue weighted by molar-refractivity contribution is 0.0696. The van der Waals surface area contributed by atoms with Crippen LogP contribution in [0.4, 0.5) is 0 Å². The van der Waals surface area contributed by atoms with Crippen molar-refractivity contribution in [1.29, 1.82) is 0 Å². The Kier molecular flexibility index (Phi) is 7.09. The van der Waals surface area contributed by atoms with Crippen molar-refractivity contribution in [3.05, 3.63) is 107 Å². The summed E-state index contributed by atoms with van der Waals surface area (Å²) in [5.74, 6) is -1.07. The van der Waals surface area contributed by atoms with Crippen molar-refractivity contribution >= 4 is 23.6 Å². The Morgan fingerprint density at radius 1 is 0.853 bits per heavy atom. The first kappa shape index (κ1) is 23.3. The van der Waals surface area contributed by atoms with Crippen LogP contribution >= 0.6 is 11.8 Å². The topological polar surface area (TPSA) is 79.3 Å². The van der Waals surface area contributed by atoms with Gasteiger partial charge in [0.2, 0.25) is 0 Å². The second-order valence-corrected chi connectivity index (χ2v) is 8.71. The first-order chi connectivity index (χ1) is 16.4. The van der Waals surface area contributed by atoms with Gasteiger partial charge in [0.25, 0.3) is 5.91 Å². The number of amides is 1. The van der Waals surface area contributed by atoms with Crippen LogP contribution in [0.25, 0.3) is 22.3 Å². The normalized spacial score (nSPS) is 10.6. The van der Waals surface area contributed by atoms with Gasteiger partial charge >= 0.3 is 5.97 Å². The fourth-order valence-electron chi connectivity index (χ4n) is 3.67. The number of rotatable bonds is 7. The first-order valence-electron chi connectivity index (χ1n) is 10.8. The summed E-state index contributed by atoms with van der Waals surface area (Å²) in [6.45, 7) is 2.36. The number of carbonyl (C=O) groups excluding carboxylic acids is 1. The SMILES string of the molecule is CSc1cc(C(=O)NCc2cc(-c3cccc(-c4ccc(C(=O)O)cc4)c3)ccn2)ccc1C. The number of hydrogen-bond acceptors (Lipinski definition) is 4. The molecule has 0 saturated carbocycles. The number of aryl methyl sites for hydroxylation is 1. The van der Waals surface area contributed by atoms with E-state index in [1.54, 1.807) is 30.1 Å². The number of pyridine rings is 1. The molecule has 6 heteroatoms. The number of carbonyl (C=O) groups is 2. The number of nitrogens with one attached hydrogen (secondary N) is 1. The van der Waals surface area contributed by atoms with Crippen LogP contribution in [0.3, 0.4) is 0 Å². The summed E-state index contributed by atoms with van der Waals surface area (Å²) in [5, 5.41) is 12.1. The zero-order valence-corrected chi connectivity index (χ0v) is 19.7. The van der Waals surface area contributed by atoms with Gasteiger partial charge in [-0.2, -0.15) is 0 Å². The highest BCUT2D eigenvalue weighted by Gasteiger charge is 2.09. The highest BCUT2D eigenvalue weighted by Crippen LogP contribution is 2.27. The maximum atomic E-state index is 12.6. The lowest BCUT2D eigenvalue weighted by atomic mass is 9.98. The molecule has 34 heavy (non-hydrogen) atoms. The minimum absolute atomic E-state index is 0.130. The Balaban J connectivity index is 1.50. The molecular weight excluding hydrogens is 444 g/mol. The quantitative estimate of drug-likeness (QED) is 0.322. The van der Waals surface area contributed by atoms with E-state index in [1.165, 1.54) is 0 Å². The van der Waals surface area contributed by atoms with Crippen molar-refractivity contribution in [1.82, 2.24) is 10.3 Å². The maximum Gasteiger partial charge on any atom is 0.335 e. The standard InChI is InChI=1S/C28H24N2O3S/c1-18-6-7-24(16-26(18)34-2)27(31)30-17-25-15-23(12-13-29-25)22-5-3-4-21(14-22)19-8-10-20(11-9-19)28(32)33/h3-16H,17H2,1-2H3,(H,30,31)(H,32,33). The fraction of sp³-hybridized carbons (Fsp3) is 0.107. The number of nitrogens with zero attached hydrogens (tertiary/aromatic N) is 1. The smallest absolute Gasteiger partial charge is 0.335 e. The van der Waals surface area contributed by atoms with Gasteiger partial charge in [0.15, 0.2) is 0 Å². The van der Waals surface area contributed by atoms with Crippen LogP contribution in [-0.4, -0.2) is 28.2 Å². The van der Waals surface area contributed by atoms with Crippen LogP contribution < -0.4 is 5.32 Å². The highest BCUT2D eigenvalue weighted by atomic mass is 32.2. The minimum atomic E-state index is -0.941. The van der Waals surface area contributed by atoms with Crippen LogP contribution in [0.2, 0.25) is 0 Å². The fourth-order valence-corrected chi connectivity index (χ4v) is 4.31. The molecule has 4 aromatic rings. The predicted octanol–water partition coefficient (Wildman–Crippen LogP) is 6.07. The van der Waals surface area contributed by atoms with Crippen molar-refractivity contribution in [2.24, 2.45) is 0 Å². The van der Waals surface area contributed by atoms with E-state index in [-0.39, 0.29) is 11.5 Å². The summed E-state index contributed by atoms with van der Waals surface area (Å²) in [6, 6.07) is 24.5. The summed E-state index contributed by atoms with van der Waals surface area (Å²) >= 11 is 1.62. The molecule has 0 bridgehead atoms. The molecule has 0 saturated heterocycles. The Bertz CT molecular complexity index is 1350. The average molecular weight is 469 g/mol. The first-order valence-corrected chi connectivity index (χ1v) is 12.0. The molecule has 170 valence electrons. The summed E-state index contributed by atoms with van der Waals surface area (Å²) in [7, 11) is 0. The van der Waals surface area contributed by atoms with E-state index in [0.717, 1.165) is 38.4 Å². The van der Waals surface area contributed by atoms with Crippen LogP contribution in [-0.2, 0) is 6.54 Å². The van der Waals surface area contributed by atoms with Crippen LogP contribution in [0.1, 0.15) is 32.0 Å². The van der Waals surface area contributed by atoms with Crippen LogP contribution in [0.5, 0.6) is 0 Å². The zero-order chi connectivity index (χ0) is 24.1. The van der Waals surface area contributed by atoms with E-state index in [0.29, 0.717) is 12.1 Å². The van der Waals surface area contributed by atoms with E-state index >= 15 is 0 Å². The average Bonchev–Trinajstić information content (AvgIpc) is 2.88. The Morgan fingerprint density at radius 2 is 1.53 bits per heavy atom. The summed E-state index contributed by atoms with van der Waals surface area (Å²) in [6.07, 6.45) is 3.74. The van der Waals surface area contributed by atoms with Crippen LogP contribution in [0.15, 0.2) is 90.0 Å². The van der Waals surface area contributed by atoms with Gasteiger partial charge in [-0.3, -0.25) is 9.78 Å². The molecular formula is C28H24N2O3S. The number of benzene rings is 3. The molecule has 0 aliphatic carbocycles. The van der Waals surface area contributed by atoms with E-state index in [2.05, 4.69) is 16.4 Å².